The van der Waals surface area contributed by atoms with E-state index in [0.717, 1.165) is 0 Å². The van der Waals surface area contributed by atoms with Gasteiger partial charge < -0.3 is 15.0 Å². The number of anilines is 2. The second-order valence-corrected chi connectivity index (χ2v) is 5.89. The Bertz CT molecular complexity index is 745. The van der Waals surface area contributed by atoms with Crippen LogP contribution in [0, 0.1) is 0 Å². The van der Waals surface area contributed by atoms with Crippen LogP contribution in [0.15, 0.2) is 42.5 Å². The number of methoxy groups -OCH3 is 1. The number of benzene rings is 2. The van der Waals surface area contributed by atoms with Crippen molar-refractivity contribution in [2.45, 2.75) is 6.92 Å². The van der Waals surface area contributed by atoms with Gasteiger partial charge in [0.05, 0.1) is 7.11 Å². The van der Waals surface area contributed by atoms with E-state index in [4.69, 9.17) is 27.9 Å². The average molecular weight is 367 g/mol. The highest BCUT2D eigenvalue weighted by molar-refractivity contribution is 6.35. The maximum absolute atomic E-state index is 12.3. The van der Waals surface area contributed by atoms with E-state index in [0.29, 0.717) is 27.2 Å². The van der Waals surface area contributed by atoms with Crippen molar-refractivity contribution in [1.29, 1.82) is 0 Å². The zero-order valence-electron chi connectivity index (χ0n) is 13.2. The van der Waals surface area contributed by atoms with Gasteiger partial charge in [0.25, 0.3) is 0 Å². The number of halogens is 2. The molecule has 1 N–H and O–H groups in total. The maximum atomic E-state index is 12.3. The van der Waals surface area contributed by atoms with Crippen molar-refractivity contribution in [3.8, 4) is 5.75 Å². The molecule has 0 atom stereocenters. The number of nitrogens with one attached hydrogen (secondary N) is 1. The Labute approximate surface area is 150 Å². The number of hydrogen-bond donors (Lipinski definition) is 1. The zero-order valence-corrected chi connectivity index (χ0v) is 14.7. The van der Waals surface area contributed by atoms with E-state index in [1.807, 2.05) is 0 Å². The zero-order chi connectivity index (χ0) is 17.7. The van der Waals surface area contributed by atoms with Crippen LogP contribution < -0.4 is 15.0 Å². The van der Waals surface area contributed by atoms with Crippen molar-refractivity contribution in [3.05, 3.63) is 52.5 Å². The fourth-order valence-corrected chi connectivity index (χ4v) is 2.66. The summed E-state index contributed by atoms with van der Waals surface area (Å²) in [6.07, 6.45) is 0. The second kappa shape index (κ2) is 8.04. The SMILES string of the molecule is COc1cccc(N(CC(=O)Nc2cc(Cl)cc(Cl)c2)C(C)=O)c1. The molecule has 7 heteroatoms. The van der Waals surface area contributed by atoms with E-state index >= 15 is 0 Å². The van der Waals surface area contributed by atoms with Crippen molar-refractivity contribution in [3.63, 3.8) is 0 Å². The van der Waals surface area contributed by atoms with Crippen LogP contribution in [0.1, 0.15) is 6.92 Å². The molecule has 0 heterocycles. The first-order valence-electron chi connectivity index (χ1n) is 7.07. The normalized spacial score (nSPS) is 10.2. The highest BCUT2D eigenvalue weighted by Gasteiger charge is 2.16. The Morgan fingerprint density at radius 1 is 1.12 bits per heavy atom. The summed E-state index contributed by atoms with van der Waals surface area (Å²) in [5.74, 6) is -0.0327. The molecule has 0 radical (unpaired) electrons. The van der Waals surface area contributed by atoms with Gasteiger partial charge in [0.1, 0.15) is 12.3 Å². The minimum absolute atomic E-state index is 0.146. The first kappa shape index (κ1) is 18.1. The lowest BCUT2D eigenvalue weighted by atomic mass is 10.2. The molecule has 0 saturated heterocycles. The number of amides is 2. The highest BCUT2D eigenvalue weighted by Crippen LogP contribution is 2.23. The van der Waals surface area contributed by atoms with Crippen LogP contribution in [-0.4, -0.2) is 25.5 Å². The molecule has 2 aromatic carbocycles. The van der Waals surface area contributed by atoms with Crippen LogP contribution in [-0.2, 0) is 9.59 Å². The molecule has 0 fully saturated rings. The van der Waals surface area contributed by atoms with Crippen molar-refractivity contribution >= 4 is 46.4 Å². The lowest BCUT2D eigenvalue weighted by Crippen LogP contribution is -2.36. The van der Waals surface area contributed by atoms with E-state index in [9.17, 15) is 9.59 Å². The van der Waals surface area contributed by atoms with E-state index < -0.39 is 0 Å². The van der Waals surface area contributed by atoms with Gasteiger partial charge in [-0.1, -0.05) is 29.3 Å². The number of carbonyl (C=O) groups is 2. The van der Waals surface area contributed by atoms with Crippen LogP contribution >= 0.6 is 23.2 Å². The Morgan fingerprint density at radius 2 is 1.79 bits per heavy atom. The summed E-state index contributed by atoms with van der Waals surface area (Å²) < 4.78 is 5.14. The molecule has 0 unspecified atom stereocenters. The first-order valence-corrected chi connectivity index (χ1v) is 7.82. The van der Waals surface area contributed by atoms with Gasteiger partial charge in [-0.25, -0.2) is 0 Å². The Morgan fingerprint density at radius 3 is 2.38 bits per heavy atom. The number of hydrogen-bond acceptors (Lipinski definition) is 3. The number of carbonyl (C=O) groups excluding carboxylic acids is 2. The van der Waals surface area contributed by atoms with Crippen LogP contribution in [0.25, 0.3) is 0 Å². The topological polar surface area (TPSA) is 58.6 Å². The summed E-state index contributed by atoms with van der Waals surface area (Å²) in [7, 11) is 1.53. The number of rotatable bonds is 5. The fourth-order valence-electron chi connectivity index (χ4n) is 2.13. The standard InChI is InChI=1S/C17H16Cl2N2O3/c1-11(22)21(15-4-3-5-16(9-15)24-2)10-17(23)20-14-7-12(18)6-13(19)8-14/h3-9H,10H2,1-2H3,(H,20,23). The largest absolute Gasteiger partial charge is 0.497 e. The minimum Gasteiger partial charge on any atom is -0.497 e. The van der Waals surface area contributed by atoms with E-state index in [1.54, 1.807) is 42.5 Å². The summed E-state index contributed by atoms with van der Waals surface area (Å²) >= 11 is 11.8. The maximum Gasteiger partial charge on any atom is 0.244 e. The summed E-state index contributed by atoms with van der Waals surface area (Å²) in [5.41, 5.74) is 1.03. The third kappa shape index (κ3) is 4.88. The Hall–Kier alpha value is -2.24. The van der Waals surface area contributed by atoms with Crippen molar-refractivity contribution in [2.24, 2.45) is 0 Å². The first-order chi connectivity index (χ1) is 11.4. The molecular formula is C17H16Cl2N2O3. The molecule has 0 aliphatic heterocycles. The van der Waals surface area contributed by atoms with Crippen LogP contribution in [0.4, 0.5) is 11.4 Å². The molecule has 0 aromatic heterocycles. The van der Waals surface area contributed by atoms with Gasteiger partial charge in [0, 0.05) is 34.4 Å². The van der Waals surface area contributed by atoms with Gasteiger partial charge >= 0.3 is 0 Å². The fraction of sp³-hybridized carbons (Fsp3) is 0.176. The molecule has 24 heavy (non-hydrogen) atoms. The summed E-state index contributed by atoms with van der Waals surface area (Å²) in [6.45, 7) is 1.25. The summed E-state index contributed by atoms with van der Waals surface area (Å²) in [5, 5.41) is 3.50. The van der Waals surface area contributed by atoms with Crippen LogP contribution in [0.2, 0.25) is 10.0 Å². The molecular weight excluding hydrogens is 351 g/mol. The summed E-state index contributed by atoms with van der Waals surface area (Å²) in [4.78, 5) is 25.5. The molecule has 0 bridgehead atoms. The van der Waals surface area contributed by atoms with Crippen molar-refractivity contribution < 1.29 is 14.3 Å². The van der Waals surface area contributed by atoms with Gasteiger partial charge in [0.2, 0.25) is 11.8 Å². The van der Waals surface area contributed by atoms with Gasteiger partial charge in [-0.05, 0) is 30.3 Å². The molecule has 0 spiro atoms. The average Bonchev–Trinajstić information content (AvgIpc) is 2.51. The van der Waals surface area contributed by atoms with Gasteiger partial charge in [-0.3, -0.25) is 9.59 Å². The third-order valence-electron chi connectivity index (χ3n) is 3.19. The predicted molar refractivity (Wildman–Crippen MR) is 96.1 cm³/mol. The molecule has 2 amide bonds. The molecule has 2 aromatic rings. The minimum atomic E-state index is -0.369. The van der Waals surface area contributed by atoms with Crippen molar-refractivity contribution in [1.82, 2.24) is 0 Å². The molecule has 0 aliphatic rings. The molecule has 0 saturated carbocycles. The van der Waals surface area contributed by atoms with E-state index in [1.165, 1.54) is 18.9 Å². The Kier molecular flexibility index (Phi) is 6.06. The molecule has 0 aliphatic carbocycles. The highest BCUT2D eigenvalue weighted by atomic mass is 35.5. The van der Waals surface area contributed by atoms with Gasteiger partial charge in [-0.2, -0.15) is 0 Å². The number of ether oxygens (including phenoxy) is 1. The molecule has 5 nitrogen and oxygen atoms in total. The van der Waals surface area contributed by atoms with Crippen LogP contribution in [0.3, 0.4) is 0 Å². The lowest BCUT2D eigenvalue weighted by molar-refractivity contribution is -0.120. The molecule has 2 rings (SSSR count). The summed E-state index contributed by atoms with van der Waals surface area (Å²) in [6, 6.07) is 11.6. The second-order valence-electron chi connectivity index (χ2n) is 5.01. The lowest BCUT2D eigenvalue weighted by Gasteiger charge is -2.21. The smallest absolute Gasteiger partial charge is 0.244 e. The molecule has 126 valence electrons. The monoisotopic (exact) mass is 366 g/mol. The number of nitrogens with zero attached hydrogens (tertiary/aromatic N) is 1. The Balaban J connectivity index is 2.15. The van der Waals surface area contributed by atoms with Crippen LogP contribution in [0.5, 0.6) is 5.75 Å². The van der Waals surface area contributed by atoms with Gasteiger partial charge in [-0.15, -0.1) is 0 Å². The quantitative estimate of drug-likeness (QED) is 0.869. The van der Waals surface area contributed by atoms with E-state index in [2.05, 4.69) is 5.32 Å². The third-order valence-corrected chi connectivity index (χ3v) is 3.63. The predicted octanol–water partition coefficient (Wildman–Crippen LogP) is 3.99. The van der Waals surface area contributed by atoms with E-state index in [-0.39, 0.29) is 18.4 Å². The van der Waals surface area contributed by atoms with Gasteiger partial charge in [0.15, 0.2) is 0 Å². The van der Waals surface area contributed by atoms with Crippen molar-refractivity contribution in [2.75, 3.05) is 23.9 Å².